The molecule has 0 aliphatic heterocycles. The van der Waals surface area contributed by atoms with Crippen molar-refractivity contribution in [3.05, 3.63) is 0 Å². The Morgan fingerprint density at radius 2 is 1.37 bits per heavy atom. The van der Waals surface area contributed by atoms with Gasteiger partial charge in [-0.1, -0.05) is 6.92 Å². The van der Waals surface area contributed by atoms with E-state index in [0.717, 1.165) is 32.1 Å². The van der Waals surface area contributed by atoms with Gasteiger partial charge < -0.3 is 9.84 Å². The molecule has 1 atom stereocenters. The summed E-state index contributed by atoms with van der Waals surface area (Å²) in [6, 6.07) is 0. The van der Waals surface area contributed by atoms with E-state index >= 15 is 0 Å². The van der Waals surface area contributed by atoms with Crippen molar-refractivity contribution in [3.63, 3.8) is 0 Å². The molecule has 0 aromatic rings. The molecule has 0 aromatic heterocycles. The molecule has 0 saturated heterocycles. The van der Waals surface area contributed by atoms with Crippen LogP contribution in [0.25, 0.3) is 0 Å². The number of esters is 1. The molecule has 4 aliphatic rings. The summed E-state index contributed by atoms with van der Waals surface area (Å²) in [5.41, 5.74) is -6.37. The van der Waals surface area contributed by atoms with Crippen LogP contribution in [-0.2, 0) is 9.53 Å². The minimum absolute atomic E-state index is 0.0207. The molecule has 0 spiro atoms. The fraction of sp³-hybridized carbons (Fsp3) is 0.952. The Bertz CT molecular complexity index is 612. The highest BCUT2D eigenvalue weighted by molar-refractivity contribution is 5.76. The second-order valence-electron chi connectivity index (χ2n) is 10.2. The standard InChI is InChI=1S/C21H30F6O3/c1-4-18(2,3)17(28)30-16(19(29,20(22,23)24)21(25,26)27)10-15-13-6-11-5-12(8-13)9-14(15)7-11/h11-16,29H,4-10H2,1-3H3. The number of rotatable bonds is 6. The van der Waals surface area contributed by atoms with Crippen LogP contribution in [0.1, 0.15) is 65.7 Å². The lowest BCUT2D eigenvalue weighted by molar-refractivity contribution is -0.393. The quantitative estimate of drug-likeness (QED) is 0.425. The van der Waals surface area contributed by atoms with Crippen molar-refractivity contribution < 1.29 is 41.0 Å². The van der Waals surface area contributed by atoms with Crippen molar-refractivity contribution in [2.24, 2.45) is 35.0 Å². The lowest BCUT2D eigenvalue weighted by atomic mass is 9.51. The van der Waals surface area contributed by atoms with Crippen LogP contribution in [0.3, 0.4) is 0 Å². The highest BCUT2D eigenvalue weighted by atomic mass is 19.4. The first-order chi connectivity index (χ1) is 13.6. The zero-order valence-electron chi connectivity index (χ0n) is 17.4. The molecule has 0 aromatic carbocycles. The minimum Gasteiger partial charge on any atom is -0.458 e. The molecule has 4 fully saturated rings. The van der Waals surface area contributed by atoms with E-state index in [1.54, 1.807) is 6.92 Å². The smallest absolute Gasteiger partial charge is 0.430 e. The van der Waals surface area contributed by atoms with E-state index in [1.165, 1.54) is 13.8 Å². The number of hydrogen-bond donors (Lipinski definition) is 1. The molecule has 174 valence electrons. The molecule has 1 N–H and O–H groups in total. The van der Waals surface area contributed by atoms with E-state index < -0.39 is 47.8 Å². The summed E-state index contributed by atoms with van der Waals surface area (Å²) in [7, 11) is 0. The molecule has 0 heterocycles. The van der Waals surface area contributed by atoms with Crippen molar-refractivity contribution in [2.45, 2.75) is 89.8 Å². The second-order valence-corrected chi connectivity index (χ2v) is 10.2. The highest BCUT2D eigenvalue weighted by Crippen LogP contribution is 2.59. The average Bonchev–Trinajstić information content (AvgIpc) is 2.60. The molecule has 30 heavy (non-hydrogen) atoms. The zero-order chi connectivity index (χ0) is 22.7. The lowest BCUT2D eigenvalue weighted by Crippen LogP contribution is -2.66. The monoisotopic (exact) mass is 444 g/mol. The van der Waals surface area contributed by atoms with E-state index in [9.17, 15) is 36.2 Å². The normalized spacial score (nSPS) is 32.9. The highest BCUT2D eigenvalue weighted by Gasteiger charge is 2.76. The van der Waals surface area contributed by atoms with Gasteiger partial charge in [-0.05, 0) is 88.4 Å². The van der Waals surface area contributed by atoms with E-state index in [4.69, 9.17) is 4.74 Å². The van der Waals surface area contributed by atoms with E-state index in [-0.39, 0.29) is 18.3 Å². The Morgan fingerprint density at radius 1 is 0.933 bits per heavy atom. The predicted molar refractivity (Wildman–Crippen MR) is 96.2 cm³/mol. The predicted octanol–water partition coefficient (Wildman–Crippen LogP) is 5.65. The van der Waals surface area contributed by atoms with Gasteiger partial charge in [-0.25, -0.2) is 0 Å². The summed E-state index contributed by atoms with van der Waals surface area (Å²) in [6.07, 6.45) is -11.0. The number of carbonyl (C=O) groups excluding carboxylic acids is 1. The molecule has 4 rings (SSSR count). The fourth-order valence-corrected chi connectivity index (χ4v) is 5.93. The van der Waals surface area contributed by atoms with Gasteiger partial charge in [-0.15, -0.1) is 0 Å². The maximum Gasteiger partial charge on any atom is 0.430 e. The molecule has 0 amide bonds. The molecule has 4 bridgehead atoms. The number of ether oxygens (including phenoxy) is 1. The Labute approximate surface area is 172 Å². The van der Waals surface area contributed by atoms with Crippen molar-refractivity contribution in [2.75, 3.05) is 0 Å². The Hall–Kier alpha value is -0.990. The van der Waals surface area contributed by atoms with Crippen LogP contribution in [0, 0.1) is 35.0 Å². The van der Waals surface area contributed by atoms with Gasteiger partial charge in [-0.3, -0.25) is 4.79 Å². The third kappa shape index (κ3) is 3.95. The molecule has 4 aliphatic carbocycles. The number of alkyl halides is 6. The van der Waals surface area contributed by atoms with Gasteiger partial charge in [0.05, 0.1) is 5.41 Å². The number of halogens is 6. The maximum absolute atomic E-state index is 13.6. The third-order valence-corrected chi connectivity index (χ3v) is 7.92. The van der Waals surface area contributed by atoms with Crippen LogP contribution in [0.2, 0.25) is 0 Å². The first kappa shape index (κ1) is 23.7. The zero-order valence-corrected chi connectivity index (χ0v) is 17.4. The molecule has 0 radical (unpaired) electrons. The third-order valence-electron chi connectivity index (χ3n) is 7.92. The van der Waals surface area contributed by atoms with Crippen molar-refractivity contribution in [3.8, 4) is 0 Å². The fourth-order valence-electron chi connectivity index (χ4n) is 5.93. The summed E-state index contributed by atoms with van der Waals surface area (Å²) in [5.74, 6) is -0.581. The van der Waals surface area contributed by atoms with Crippen LogP contribution in [0.5, 0.6) is 0 Å². The maximum atomic E-state index is 13.6. The topological polar surface area (TPSA) is 46.5 Å². The molecule has 9 heteroatoms. The largest absolute Gasteiger partial charge is 0.458 e. The Kier molecular flexibility index (Phi) is 5.96. The first-order valence-corrected chi connectivity index (χ1v) is 10.7. The second kappa shape index (κ2) is 7.55. The van der Waals surface area contributed by atoms with Gasteiger partial charge in [0.25, 0.3) is 5.60 Å². The van der Waals surface area contributed by atoms with Crippen LogP contribution < -0.4 is 0 Å². The summed E-state index contributed by atoms with van der Waals surface area (Å²) in [4.78, 5) is 12.5. The molecule has 4 saturated carbocycles. The average molecular weight is 444 g/mol. The van der Waals surface area contributed by atoms with Crippen molar-refractivity contribution >= 4 is 5.97 Å². The SMILES string of the molecule is CCC(C)(C)C(=O)OC(CC1C2CC3CC(C2)CC1C3)C(O)(C(F)(F)F)C(F)(F)F. The van der Waals surface area contributed by atoms with Gasteiger partial charge in [0.1, 0.15) is 6.10 Å². The number of hydrogen-bond acceptors (Lipinski definition) is 3. The lowest BCUT2D eigenvalue weighted by Gasteiger charge is -2.55. The van der Waals surface area contributed by atoms with Crippen LogP contribution in [-0.4, -0.2) is 35.1 Å². The van der Waals surface area contributed by atoms with Crippen LogP contribution in [0.15, 0.2) is 0 Å². The summed E-state index contributed by atoms with van der Waals surface area (Å²) < 4.78 is 86.7. The minimum atomic E-state index is -6.03. The Balaban J connectivity index is 1.94. The summed E-state index contributed by atoms with van der Waals surface area (Å²) in [6.45, 7) is 4.39. The van der Waals surface area contributed by atoms with Gasteiger partial charge in [0.2, 0.25) is 0 Å². The number of carbonyl (C=O) groups is 1. The Morgan fingerprint density at radius 3 is 1.73 bits per heavy atom. The molecular weight excluding hydrogens is 414 g/mol. The summed E-state index contributed by atoms with van der Waals surface area (Å²) >= 11 is 0. The first-order valence-electron chi connectivity index (χ1n) is 10.7. The molecule has 1 unspecified atom stereocenters. The van der Waals surface area contributed by atoms with E-state index in [2.05, 4.69) is 0 Å². The van der Waals surface area contributed by atoms with Crippen molar-refractivity contribution in [1.29, 1.82) is 0 Å². The summed E-state index contributed by atoms with van der Waals surface area (Å²) in [5, 5.41) is 10.1. The van der Waals surface area contributed by atoms with Crippen molar-refractivity contribution in [1.82, 2.24) is 0 Å². The van der Waals surface area contributed by atoms with Gasteiger partial charge >= 0.3 is 18.3 Å². The van der Waals surface area contributed by atoms with Crippen LogP contribution in [0.4, 0.5) is 26.3 Å². The van der Waals surface area contributed by atoms with E-state index in [0.29, 0.717) is 11.8 Å². The van der Waals surface area contributed by atoms with Gasteiger partial charge in [0.15, 0.2) is 0 Å². The number of aliphatic hydroxyl groups is 1. The van der Waals surface area contributed by atoms with E-state index in [1.807, 2.05) is 0 Å². The van der Waals surface area contributed by atoms with Crippen LogP contribution >= 0.6 is 0 Å². The molecule has 3 nitrogen and oxygen atoms in total. The molecular formula is C21H30F6O3. The van der Waals surface area contributed by atoms with Gasteiger partial charge in [-0.2, -0.15) is 26.3 Å². The van der Waals surface area contributed by atoms with Gasteiger partial charge in [0, 0.05) is 0 Å².